The van der Waals surface area contributed by atoms with Crippen LogP contribution in [0.4, 0.5) is 17.1 Å². The molecule has 0 spiro atoms. The number of hydrogen-bond acceptors (Lipinski definition) is 4. The average Bonchev–Trinajstić information content (AvgIpc) is 2.64. The number of nitrogens with one attached hydrogen (secondary N) is 1. The highest BCUT2D eigenvalue weighted by Crippen LogP contribution is 2.30. The Morgan fingerprint density at radius 3 is 2.54 bits per heavy atom. The summed E-state index contributed by atoms with van der Waals surface area (Å²) in [6.45, 7) is 7.01. The van der Waals surface area contributed by atoms with Crippen LogP contribution in [0.15, 0.2) is 36.4 Å². The van der Waals surface area contributed by atoms with E-state index in [0.717, 1.165) is 38.4 Å². The summed E-state index contributed by atoms with van der Waals surface area (Å²) in [7, 11) is 0. The van der Waals surface area contributed by atoms with Crippen molar-refractivity contribution in [2.75, 3.05) is 48.7 Å². The molecular weight excluding hydrogens is 371 g/mol. The molecule has 0 aromatic heterocycles. The number of piperazine rings is 1. The fourth-order valence-electron chi connectivity index (χ4n) is 3.10. The first-order chi connectivity index (χ1) is 12.5. The van der Waals surface area contributed by atoms with Crippen molar-refractivity contribution in [1.29, 1.82) is 0 Å². The highest BCUT2D eigenvalue weighted by Gasteiger charge is 2.20. The summed E-state index contributed by atoms with van der Waals surface area (Å²) >= 11 is 12.1. The summed E-state index contributed by atoms with van der Waals surface area (Å²) in [4.78, 5) is 17.4. The van der Waals surface area contributed by atoms with E-state index in [-0.39, 0.29) is 5.91 Å². The second-order valence-electron chi connectivity index (χ2n) is 6.28. The highest BCUT2D eigenvalue weighted by atomic mass is 35.5. The Morgan fingerprint density at radius 1 is 1.12 bits per heavy atom. The Bertz CT molecular complexity index is 804. The molecule has 1 heterocycles. The van der Waals surface area contributed by atoms with Crippen LogP contribution in [-0.2, 0) is 0 Å². The molecule has 7 heteroatoms. The lowest BCUT2D eigenvalue weighted by molar-refractivity contribution is 0.102. The van der Waals surface area contributed by atoms with Crippen molar-refractivity contribution in [2.45, 2.75) is 6.92 Å². The first kappa shape index (κ1) is 18.8. The molecule has 26 heavy (non-hydrogen) atoms. The summed E-state index contributed by atoms with van der Waals surface area (Å²) in [6, 6.07) is 10.4. The van der Waals surface area contributed by atoms with Gasteiger partial charge in [-0.05, 0) is 42.9 Å². The van der Waals surface area contributed by atoms with Crippen molar-refractivity contribution in [2.24, 2.45) is 0 Å². The van der Waals surface area contributed by atoms with Gasteiger partial charge < -0.3 is 20.9 Å². The summed E-state index contributed by atoms with van der Waals surface area (Å²) in [5.41, 5.74) is 8.51. The van der Waals surface area contributed by atoms with E-state index in [4.69, 9.17) is 28.9 Å². The van der Waals surface area contributed by atoms with E-state index >= 15 is 0 Å². The van der Waals surface area contributed by atoms with Gasteiger partial charge in [-0.25, -0.2) is 0 Å². The lowest BCUT2D eigenvalue weighted by Gasteiger charge is -2.36. The minimum Gasteiger partial charge on any atom is -0.399 e. The van der Waals surface area contributed by atoms with Gasteiger partial charge >= 0.3 is 0 Å². The van der Waals surface area contributed by atoms with Crippen LogP contribution in [0.25, 0.3) is 0 Å². The first-order valence-corrected chi connectivity index (χ1v) is 9.36. The maximum atomic E-state index is 12.7. The number of nitrogens with two attached hydrogens (primary N) is 1. The number of nitrogen functional groups attached to an aromatic ring is 1. The van der Waals surface area contributed by atoms with Gasteiger partial charge in [-0.2, -0.15) is 0 Å². The van der Waals surface area contributed by atoms with Crippen molar-refractivity contribution in [3.05, 3.63) is 52.0 Å². The van der Waals surface area contributed by atoms with Crippen LogP contribution in [0.5, 0.6) is 0 Å². The summed E-state index contributed by atoms with van der Waals surface area (Å²) in [5, 5.41) is 3.76. The van der Waals surface area contributed by atoms with E-state index in [9.17, 15) is 4.79 Å². The predicted molar refractivity (Wildman–Crippen MR) is 110 cm³/mol. The van der Waals surface area contributed by atoms with Gasteiger partial charge in [0, 0.05) is 36.9 Å². The monoisotopic (exact) mass is 392 g/mol. The third-order valence-corrected chi connectivity index (χ3v) is 5.17. The van der Waals surface area contributed by atoms with Crippen molar-refractivity contribution in [3.8, 4) is 0 Å². The zero-order chi connectivity index (χ0) is 18.7. The minimum absolute atomic E-state index is 0.309. The van der Waals surface area contributed by atoms with Crippen LogP contribution < -0.4 is 16.0 Å². The summed E-state index contributed by atoms with van der Waals surface area (Å²) in [6.07, 6.45) is 0. The molecule has 1 aliphatic heterocycles. The minimum atomic E-state index is -0.309. The van der Waals surface area contributed by atoms with Gasteiger partial charge in [-0.3, -0.25) is 4.79 Å². The largest absolute Gasteiger partial charge is 0.399 e. The standard InChI is InChI=1S/C19H22Cl2N4O/c1-2-24-7-9-25(10-8-24)18-6-4-14(22)12-17(18)23-19(26)15-11-13(20)3-5-16(15)21/h3-6,11-12H,2,7-10,22H2,1H3,(H,23,26). The number of amides is 1. The molecule has 2 aromatic carbocycles. The molecule has 3 N–H and O–H groups in total. The molecule has 1 aliphatic rings. The number of carbonyl (C=O) groups excluding carboxylic acids is 1. The Kier molecular flexibility index (Phi) is 5.91. The SMILES string of the molecule is CCN1CCN(c2ccc(N)cc2NC(=O)c2cc(Cl)ccc2Cl)CC1. The number of anilines is 3. The van der Waals surface area contributed by atoms with Crippen LogP contribution in [-0.4, -0.2) is 43.5 Å². The van der Waals surface area contributed by atoms with Gasteiger partial charge in [0.05, 0.1) is 22.0 Å². The average molecular weight is 393 g/mol. The smallest absolute Gasteiger partial charge is 0.257 e. The van der Waals surface area contributed by atoms with E-state index in [1.165, 1.54) is 0 Å². The number of rotatable bonds is 4. The molecule has 1 amide bonds. The fourth-order valence-corrected chi connectivity index (χ4v) is 3.47. The van der Waals surface area contributed by atoms with Crippen molar-refractivity contribution in [1.82, 2.24) is 4.90 Å². The number of hydrogen-bond donors (Lipinski definition) is 2. The summed E-state index contributed by atoms with van der Waals surface area (Å²) in [5.74, 6) is -0.309. The lowest BCUT2D eigenvalue weighted by Crippen LogP contribution is -2.46. The maximum absolute atomic E-state index is 12.7. The molecule has 0 unspecified atom stereocenters. The molecule has 3 rings (SSSR count). The third kappa shape index (κ3) is 4.23. The predicted octanol–water partition coefficient (Wildman–Crippen LogP) is 3.97. The molecule has 1 saturated heterocycles. The van der Waals surface area contributed by atoms with E-state index in [2.05, 4.69) is 22.0 Å². The second-order valence-corrected chi connectivity index (χ2v) is 7.12. The molecule has 2 aromatic rings. The molecule has 0 atom stereocenters. The van der Waals surface area contributed by atoms with E-state index in [1.807, 2.05) is 12.1 Å². The molecular formula is C19H22Cl2N4O. The van der Waals surface area contributed by atoms with E-state index in [1.54, 1.807) is 24.3 Å². The molecule has 5 nitrogen and oxygen atoms in total. The summed E-state index contributed by atoms with van der Waals surface area (Å²) < 4.78 is 0. The molecule has 1 fully saturated rings. The van der Waals surface area contributed by atoms with Gasteiger partial charge in [0.2, 0.25) is 0 Å². The fraction of sp³-hybridized carbons (Fsp3) is 0.316. The van der Waals surface area contributed by atoms with Gasteiger partial charge in [0.1, 0.15) is 0 Å². The zero-order valence-electron chi connectivity index (χ0n) is 14.6. The Hall–Kier alpha value is -1.95. The van der Waals surface area contributed by atoms with Crippen molar-refractivity contribution < 1.29 is 4.79 Å². The first-order valence-electron chi connectivity index (χ1n) is 8.61. The maximum Gasteiger partial charge on any atom is 0.257 e. The normalized spacial score (nSPS) is 15.1. The third-order valence-electron chi connectivity index (χ3n) is 4.60. The second kappa shape index (κ2) is 8.16. The van der Waals surface area contributed by atoms with Gasteiger partial charge in [-0.1, -0.05) is 30.1 Å². The van der Waals surface area contributed by atoms with Crippen LogP contribution in [0.2, 0.25) is 10.0 Å². The lowest BCUT2D eigenvalue weighted by atomic mass is 10.1. The highest BCUT2D eigenvalue weighted by molar-refractivity contribution is 6.36. The number of benzene rings is 2. The van der Waals surface area contributed by atoms with Gasteiger partial charge in [-0.15, -0.1) is 0 Å². The number of likely N-dealkylation sites (N-methyl/N-ethyl adjacent to an activating group) is 1. The van der Waals surface area contributed by atoms with Crippen LogP contribution in [0.3, 0.4) is 0 Å². The topological polar surface area (TPSA) is 61.6 Å². The molecule has 0 aliphatic carbocycles. The van der Waals surface area contributed by atoms with Crippen molar-refractivity contribution in [3.63, 3.8) is 0 Å². The quantitative estimate of drug-likeness (QED) is 0.772. The molecule has 0 bridgehead atoms. The van der Waals surface area contributed by atoms with Crippen LogP contribution in [0.1, 0.15) is 17.3 Å². The van der Waals surface area contributed by atoms with Crippen molar-refractivity contribution >= 4 is 46.2 Å². The van der Waals surface area contributed by atoms with Crippen LogP contribution in [0, 0.1) is 0 Å². The number of carbonyl (C=O) groups is 1. The van der Waals surface area contributed by atoms with Gasteiger partial charge in [0.15, 0.2) is 0 Å². The molecule has 0 radical (unpaired) electrons. The molecule has 138 valence electrons. The Balaban J connectivity index is 1.84. The van der Waals surface area contributed by atoms with E-state index < -0.39 is 0 Å². The van der Waals surface area contributed by atoms with Crippen LogP contribution >= 0.6 is 23.2 Å². The Labute approximate surface area is 163 Å². The van der Waals surface area contributed by atoms with E-state index in [0.29, 0.717) is 27.0 Å². The Morgan fingerprint density at radius 2 is 1.85 bits per heavy atom. The number of halogens is 2. The van der Waals surface area contributed by atoms with Gasteiger partial charge in [0.25, 0.3) is 5.91 Å². The molecule has 0 saturated carbocycles. The number of nitrogens with zero attached hydrogens (tertiary/aromatic N) is 2. The zero-order valence-corrected chi connectivity index (χ0v) is 16.1.